The number of hydrogen-bond acceptors (Lipinski definition) is 4. The Morgan fingerprint density at radius 3 is 2.53 bits per heavy atom. The van der Waals surface area contributed by atoms with Crippen molar-refractivity contribution in [1.29, 1.82) is 0 Å². The number of rotatable bonds is 6. The van der Waals surface area contributed by atoms with Crippen LogP contribution in [0.4, 0.5) is 5.69 Å². The number of carboxylic acid groups (broad SMARTS) is 1. The fourth-order valence-corrected chi connectivity index (χ4v) is 1.71. The lowest BCUT2D eigenvalue weighted by atomic mass is 10.3. The molecule has 0 aliphatic heterocycles. The predicted octanol–water partition coefficient (Wildman–Crippen LogP) is 1.58. The van der Waals surface area contributed by atoms with Crippen molar-refractivity contribution < 1.29 is 19.6 Å². The number of aliphatic carboxylic acids is 1. The third kappa shape index (κ3) is 4.85. The highest BCUT2D eigenvalue weighted by atomic mass is 31.1. The molecule has 0 bridgehead atoms. The second kappa shape index (κ2) is 6.89. The van der Waals surface area contributed by atoms with Gasteiger partial charge in [-0.25, -0.2) is 4.79 Å². The number of anilines is 1. The zero-order chi connectivity index (χ0) is 12.7. The quantitative estimate of drug-likeness (QED) is 0.530. The van der Waals surface area contributed by atoms with Gasteiger partial charge in [-0.05, 0) is 18.2 Å². The van der Waals surface area contributed by atoms with Gasteiger partial charge in [0.25, 0.3) is 0 Å². The molecule has 92 valence electrons. The van der Waals surface area contributed by atoms with Crippen molar-refractivity contribution in [3.05, 3.63) is 42.1 Å². The molecular formula is C11H14NO4P. The smallest absolute Gasteiger partial charge is 0.351 e. The Balaban J connectivity index is 2.74. The molecule has 1 atom stereocenters. The maximum absolute atomic E-state index is 11.1. The van der Waals surface area contributed by atoms with E-state index >= 15 is 0 Å². The lowest BCUT2D eigenvalue weighted by Gasteiger charge is -2.06. The number of benzene rings is 1. The summed E-state index contributed by atoms with van der Waals surface area (Å²) in [7, 11) is -2.12. The lowest BCUT2D eigenvalue weighted by molar-refractivity contribution is -0.132. The minimum Gasteiger partial charge on any atom is -0.477 e. The van der Waals surface area contributed by atoms with Gasteiger partial charge >= 0.3 is 5.97 Å². The highest BCUT2D eigenvalue weighted by molar-refractivity contribution is 7.44. The number of nitrogens with one attached hydrogen (secondary N) is 1. The highest BCUT2D eigenvalue weighted by Gasteiger charge is 2.07. The van der Waals surface area contributed by atoms with Crippen LogP contribution in [0.5, 0.6) is 0 Å². The van der Waals surface area contributed by atoms with Crippen LogP contribution in [0.3, 0.4) is 0 Å². The molecule has 0 aliphatic carbocycles. The van der Waals surface area contributed by atoms with Gasteiger partial charge in [0.2, 0.25) is 0 Å². The first-order chi connectivity index (χ1) is 8.13. The highest BCUT2D eigenvalue weighted by Crippen LogP contribution is 2.19. The van der Waals surface area contributed by atoms with Gasteiger partial charge in [-0.2, -0.15) is 0 Å². The number of hydrogen-bond donors (Lipinski definition) is 3. The molecular weight excluding hydrogens is 241 g/mol. The molecule has 0 aliphatic rings. The molecule has 1 unspecified atom stereocenters. The molecule has 1 rings (SSSR count). The summed E-state index contributed by atoms with van der Waals surface area (Å²) < 4.78 is 11.1. The van der Waals surface area contributed by atoms with Crippen LogP contribution in [-0.2, 0) is 9.36 Å². The molecule has 0 fully saturated rings. The maximum Gasteiger partial charge on any atom is 0.351 e. The molecule has 5 nitrogen and oxygen atoms in total. The number of carboxylic acids is 1. The molecule has 0 radical (unpaired) electrons. The van der Waals surface area contributed by atoms with Crippen molar-refractivity contribution in [2.75, 3.05) is 17.8 Å². The van der Waals surface area contributed by atoms with Gasteiger partial charge in [-0.1, -0.05) is 18.2 Å². The largest absolute Gasteiger partial charge is 0.477 e. The van der Waals surface area contributed by atoms with Gasteiger partial charge in [0, 0.05) is 11.8 Å². The molecule has 0 amide bonds. The second-order valence-electron chi connectivity index (χ2n) is 3.31. The van der Waals surface area contributed by atoms with E-state index in [1.165, 1.54) is 6.08 Å². The zero-order valence-electron chi connectivity index (χ0n) is 9.09. The van der Waals surface area contributed by atoms with Crippen molar-refractivity contribution in [3.8, 4) is 0 Å². The third-order valence-electron chi connectivity index (χ3n) is 1.99. The average molecular weight is 255 g/mol. The topological polar surface area (TPSA) is 86.6 Å². The van der Waals surface area contributed by atoms with E-state index in [0.29, 0.717) is 5.69 Å². The van der Waals surface area contributed by atoms with Crippen molar-refractivity contribution in [3.63, 3.8) is 0 Å². The van der Waals surface area contributed by atoms with Crippen molar-refractivity contribution >= 4 is 19.5 Å². The summed E-state index contributed by atoms with van der Waals surface area (Å²) in [6.45, 7) is 0. The van der Waals surface area contributed by atoms with Gasteiger partial charge < -0.3 is 20.1 Å². The second-order valence-corrected chi connectivity index (χ2v) is 5.12. The number of carbonyl (C=O) groups is 1. The van der Waals surface area contributed by atoms with Crippen LogP contribution >= 0.6 is 7.80 Å². The summed E-state index contributed by atoms with van der Waals surface area (Å²) >= 11 is 0. The Kier molecular flexibility index (Phi) is 5.46. The maximum atomic E-state index is 11.1. The molecule has 0 saturated heterocycles. The van der Waals surface area contributed by atoms with E-state index < -0.39 is 20.1 Å². The van der Waals surface area contributed by atoms with Crippen molar-refractivity contribution in [1.82, 2.24) is 0 Å². The van der Waals surface area contributed by atoms with E-state index in [4.69, 9.17) is 10.2 Å². The van der Waals surface area contributed by atoms with Gasteiger partial charge in [-0.15, -0.1) is 0 Å². The molecule has 3 N–H and O–H groups in total. The summed E-state index contributed by atoms with van der Waals surface area (Å²) in [5.41, 5.74) is 0.604. The van der Waals surface area contributed by atoms with Gasteiger partial charge in [0.05, 0.1) is 6.35 Å². The Morgan fingerprint density at radius 1 is 1.35 bits per heavy atom. The molecule has 6 heteroatoms. The van der Waals surface area contributed by atoms with Crippen molar-refractivity contribution in [2.24, 2.45) is 0 Å². The SMILES string of the molecule is O=C(O)C(=CC[PH](=O)CO)Nc1ccccc1. The molecule has 17 heavy (non-hydrogen) atoms. The summed E-state index contributed by atoms with van der Waals surface area (Å²) in [5, 5.41) is 20.3. The Labute approximate surface area is 99.6 Å². The van der Waals surface area contributed by atoms with E-state index in [-0.39, 0.29) is 11.9 Å². The normalized spacial score (nSPS) is 13.1. The van der Waals surface area contributed by atoms with Crippen LogP contribution in [0.2, 0.25) is 0 Å². The summed E-state index contributed by atoms with van der Waals surface area (Å²) in [4.78, 5) is 10.9. The van der Waals surface area contributed by atoms with E-state index in [9.17, 15) is 9.36 Å². The van der Waals surface area contributed by atoms with E-state index in [0.717, 1.165) is 0 Å². The van der Waals surface area contributed by atoms with Crippen LogP contribution < -0.4 is 5.32 Å². The summed E-state index contributed by atoms with van der Waals surface area (Å²) in [6, 6.07) is 8.83. The Morgan fingerprint density at radius 2 is 2.00 bits per heavy atom. The standard InChI is InChI=1S/C11H14NO4P/c13-8-17(16)7-6-10(11(14)15)12-9-4-2-1-3-5-9/h1-6,12-13,17H,7-8H2,(H,14,15). The molecule has 0 aromatic heterocycles. The van der Waals surface area contributed by atoms with E-state index in [2.05, 4.69) is 5.32 Å². The predicted molar refractivity (Wildman–Crippen MR) is 66.7 cm³/mol. The third-order valence-corrected chi connectivity index (χ3v) is 3.01. The number of aliphatic hydroxyl groups is 1. The van der Waals surface area contributed by atoms with E-state index in [1.54, 1.807) is 24.3 Å². The minimum atomic E-state index is -2.12. The van der Waals surface area contributed by atoms with E-state index in [1.807, 2.05) is 6.07 Å². The van der Waals surface area contributed by atoms with Gasteiger partial charge in [0.15, 0.2) is 0 Å². The fraction of sp³-hybridized carbons (Fsp3) is 0.182. The van der Waals surface area contributed by atoms with Crippen LogP contribution in [0, 0.1) is 0 Å². The first-order valence-corrected chi connectivity index (χ1v) is 6.84. The Hall–Kier alpha value is -1.58. The molecule has 0 saturated carbocycles. The molecule has 1 aromatic rings. The number of para-hydroxylation sites is 1. The lowest BCUT2D eigenvalue weighted by Crippen LogP contribution is -2.10. The van der Waals surface area contributed by atoms with Gasteiger partial charge in [0.1, 0.15) is 13.5 Å². The van der Waals surface area contributed by atoms with Crippen molar-refractivity contribution in [2.45, 2.75) is 0 Å². The van der Waals surface area contributed by atoms with Crippen LogP contribution in [0.1, 0.15) is 0 Å². The molecule has 0 heterocycles. The van der Waals surface area contributed by atoms with Gasteiger partial charge in [-0.3, -0.25) is 0 Å². The van der Waals surface area contributed by atoms with Crippen LogP contribution in [0.15, 0.2) is 42.1 Å². The molecule has 0 spiro atoms. The first kappa shape index (κ1) is 13.5. The zero-order valence-corrected chi connectivity index (χ0v) is 10.1. The number of aliphatic hydroxyl groups excluding tert-OH is 1. The summed E-state index contributed by atoms with van der Waals surface area (Å²) in [6.07, 6.45) is 0.995. The Bertz CT molecular complexity index is 430. The fourth-order valence-electron chi connectivity index (χ4n) is 1.15. The van der Waals surface area contributed by atoms with Crippen LogP contribution in [-0.4, -0.2) is 28.7 Å². The number of allylic oxidation sites excluding steroid dienone is 1. The molecule has 1 aromatic carbocycles. The first-order valence-electron chi connectivity index (χ1n) is 5.01. The monoisotopic (exact) mass is 255 g/mol. The minimum absolute atomic E-state index is 0.0389. The summed E-state index contributed by atoms with van der Waals surface area (Å²) in [5.74, 6) is -1.12. The van der Waals surface area contributed by atoms with Crippen LogP contribution in [0.25, 0.3) is 0 Å². The average Bonchev–Trinajstić information content (AvgIpc) is 2.34.